The molecule has 0 aromatic heterocycles. The Kier molecular flexibility index (Phi) is 1.19. The van der Waals surface area contributed by atoms with Crippen molar-refractivity contribution in [1.82, 2.24) is 0 Å². The summed E-state index contributed by atoms with van der Waals surface area (Å²) < 4.78 is 0. The predicted molar refractivity (Wildman–Crippen MR) is 50.0 cm³/mol. The van der Waals surface area contributed by atoms with Crippen molar-refractivity contribution < 1.29 is 5.11 Å². The van der Waals surface area contributed by atoms with E-state index in [1.807, 2.05) is 0 Å². The minimum Gasteiger partial charge on any atom is -0.393 e. The Morgan fingerprint density at radius 2 is 1.54 bits per heavy atom. The van der Waals surface area contributed by atoms with Gasteiger partial charge in [0.15, 0.2) is 0 Å². The standard InChI is InChI=1S/C12H18O/c13-10-5-8-4-9(10)12-7-2-1-6(3-7)11(8)12/h6-13H,1-5H2/t6-,7+,8-,9+,10?,11-,12+/m0/s1. The van der Waals surface area contributed by atoms with E-state index in [1.54, 1.807) is 0 Å². The molecule has 13 heavy (non-hydrogen) atoms. The lowest BCUT2D eigenvalue weighted by Crippen LogP contribution is -2.34. The van der Waals surface area contributed by atoms with Crippen LogP contribution in [0.4, 0.5) is 0 Å². The topological polar surface area (TPSA) is 20.2 Å². The molecule has 0 saturated heterocycles. The zero-order valence-corrected chi connectivity index (χ0v) is 8.02. The van der Waals surface area contributed by atoms with Gasteiger partial charge in [0.2, 0.25) is 0 Å². The fourth-order valence-corrected chi connectivity index (χ4v) is 5.53. The van der Waals surface area contributed by atoms with Crippen LogP contribution in [0.25, 0.3) is 0 Å². The van der Waals surface area contributed by atoms with Crippen LogP contribution in [-0.4, -0.2) is 11.2 Å². The van der Waals surface area contributed by atoms with Gasteiger partial charge >= 0.3 is 0 Å². The molecule has 7 atom stereocenters. The average Bonchev–Trinajstić information content (AvgIpc) is 2.78. The first kappa shape index (κ1) is 7.28. The van der Waals surface area contributed by atoms with Crippen LogP contribution in [0.5, 0.6) is 0 Å². The summed E-state index contributed by atoms with van der Waals surface area (Å²) in [6, 6.07) is 0. The second-order valence-electron chi connectivity index (χ2n) is 5.95. The number of rotatable bonds is 0. The first-order valence-corrected chi connectivity index (χ1v) is 6.02. The third-order valence-electron chi connectivity index (χ3n) is 5.70. The van der Waals surface area contributed by atoms with Gasteiger partial charge in [0.1, 0.15) is 0 Å². The second-order valence-corrected chi connectivity index (χ2v) is 5.95. The van der Waals surface area contributed by atoms with Gasteiger partial charge in [-0.15, -0.1) is 0 Å². The molecule has 1 unspecified atom stereocenters. The number of fused-ring (bicyclic) bond motifs is 9. The van der Waals surface area contributed by atoms with Gasteiger partial charge in [-0.25, -0.2) is 0 Å². The molecule has 4 saturated carbocycles. The van der Waals surface area contributed by atoms with E-state index in [0.29, 0.717) is 0 Å². The van der Waals surface area contributed by atoms with Crippen LogP contribution < -0.4 is 0 Å². The highest BCUT2D eigenvalue weighted by Gasteiger charge is 2.61. The number of hydrogen-bond acceptors (Lipinski definition) is 1. The van der Waals surface area contributed by atoms with Crippen LogP contribution in [-0.2, 0) is 0 Å². The van der Waals surface area contributed by atoms with Gasteiger partial charge in [-0.05, 0) is 67.6 Å². The van der Waals surface area contributed by atoms with Gasteiger partial charge in [-0.1, -0.05) is 0 Å². The summed E-state index contributed by atoms with van der Waals surface area (Å²) in [5, 5.41) is 9.89. The van der Waals surface area contributed by atoms with Crippen molar-refractivity contribution in [3.8, 4) is 0 Å². The van der Waals surface area contributed by atoms with Crippen LogP contribution >= 0.6 is 0 Å². The number of aliphatic hydroxyl groups excluding tert-OH is 1. The van der Waals surface area contributed by atoms with Crippen molar-refractivity contribution >= 4 is 0 Å². The van der Waals surface area contributed by atoms with Gasteiger partial charge in [-0.3, -0.25) is 0 Å². The Morgan fingerprint density at radius 3 is 2.38 bits per heavy atom. The fraction of sp³-hybridized carbons (Fsp3) is 1.00. The minimum atomic E-state index is 0.0885. The van der Waals surface area contributed by atoms with E-state index in [-0.39, 0.29) is 6.10 Å². The Labute approximate surface area is 79.5 Å². The molecule has 4 rings (SSSR count). The van der Waals surface area contributed by atoms with Crippen molar-refractivity contribution in [3.05, 3.63) is 0 Å². The van der Waals surface area contributed by atoms with Gasteiger partial charge in [0.05, 0.1) is 6.10 Å². The molecule has 0 heterocycles. The summed E-state index contributed by atoms with van der Waals surface area (Å²) in [7, 11) is 0. The molecule has 0 aromatic carbocycles. The molecule has 4 fully saturated rings. The molecule has 0 amide bonds. The number of hydrogen-bond donors (Lipinski definition) is 1. The van der Waals surface area contributed by atoms with Crippen molar-refractivity contribution in [3.63, 3.8) is 0 Å². The molecule has 0 aliphatic heterocycles. The second kappa shape index (κ2) is 2.13. The van der Waals surface area contributed by atoms with Gasteiger partial charge in [-0.2, -0.15) is 0 Å². The van der Waals surface area contributed by atoms with Crippen molar-refractivity contribution in [2.75, 3.05) is 0 Å². The van der Waals surface area contributed by atoms with Crippen molar-refractivity contribution in [1.29, 1.82) is 0 Å². The minimum absolute atomic E-state index is 0.0885. The summed E-state index contributed by atoms with van der Waals surface area (Å²) in [6.07, 6.45) is 7.14. The van der Waals surface area contributed by atoms with Crippen LogP contribution in [0.3, 0.4) is 0 Å². The Morgan fingerprint density at radius 1 is 0.769 bits per heavy atom. The molecule has 1 nitrogen and oxygen atoms in total. The third kappa shape index (κ3) is 0.707. The molecule has 4 aliphatic rings. The Balaban J connectivity index is 1.75. The molecule has 4 aliphatic carbocycles. The maximum atomic E-state index is 9.89. The van der Waals surface area contributed by atoms with Crippen LogP contribution in [0, 0.1) is 35.5 Å². The zero-order chi connectivity index (χ0) is 8.58. The van der Waals surface area contributed by atoms with Crippen molar-refractivity contribution in [2.24, 2.45) is 35.5 Å². The fourth-order valence-electron chi connectivity index (χ4n) is 5.53. The van der Waals surface area contributed by atoms with E-state index >= 15 is 0 Å². The molecule has 1 N–H and O–H groups in total. The van der Waals surface area contributed by atoms with E-state index in [9.17, 15) is 5.11 Å². The quantitative estimate of drug-likeness (QED) is 0.563. The maximum Gasteiger partial charge on any atom is 0.0574 e. The van der Waals surface area contributed by atoms with E-state index in [1.165, 1.54) is 25.7 Å². The highest BCUT2D eigenvalue weighted by molar-refractivity contribution is 5.10. The zero-order valence-electron chi connectivity index (χ0n) is 8.02. The lowest BCUT2D eigenvalue weighted by Gasteiger charge is -2.36. The summed E-state index contributed by atoms with van der Waals surface area (Å²) in [5.41, 5.74) is 0. The summed E-state index contributed by atoms with van der Waals surface area (Å²) in [5.74, 6) is 5.79. The van der Waals surface area contributed by atoms with Crippen LogP contribution in [0.1, 0.15) is 32.1 Å². The van der Waals surface area contributed by atoms with E-state index < -0.39 is 0 Å². The van der Waals surface area contributed by atoms with E-state index in [2.05, 4.69) is 0 Å². The SMILES string of the molecule is OC1C[C@@H]2C[C@H]1[C@H]1[C@@H]3CC[C@@H](C3)[C@@H]21. The van der Waals surface area contributed by atoms with E-state index in [4.69, 9.17) is 0 Å². The predicted octanol–water partition coefficient (Wildman–Crippen LogP) is 2.05. The molecule has 72 valence electrons. The molecule has 4 bridgehead atoms. The molecule has 0 spiro atoms. The highest BCUT2D eigenvalue weighted by atomic mass is 16.3. The third-order valence-corrected chi connectivity index (χ3v) is 5.70. The largest absolute Gasteiger partial charge is 0.393 e. The Bertz CT molecular complexity index is 250. The normalized spacial score (nSPS) is 67.6. The summed E-state index contributed by atoms with van der Waals surface area (Å²) >= 11 is 0. The number of aliphatic hydroxyl groups is 1. The van der Waals surface area contributed by atoms with Gasteiger partial charge in [0.25, 0.3) is 0 Å². The Hall–Kier alpha value is -0.0400. The summed E-state index contributed by atoms with van der Waals surface area (Å²) in [4.78, 5) is 0. The van der Waals surface area contributed by atoms with Crippen LogP contribution in [0.15, 0.2) is 0 Å². The van der Waals surface area contributed by atoms with Gasteiger partial charge in [0, 0.05) is 0 Å². The molecule has 0 radical (unpaired) electrons. The summed E-state index contributed by atoms with van der Waals surface area (Å²) in [6.45, 7) is 0. The van der Waals surface area contributed by atoms with Crippen LogP contribution in [0.2, 0.25) is 0 Å². The van der Waals surface area contributed by atoms with Gasteiger partial charge < -0.3 is 5.11 Å². The monoisotopic (exact) mass is 178 g/mol. The smallest absolute Gasteiger partial charge is 0.0574 e. The average molecular weight is 178 g/mol. The van der Waals surface area contributed by atoms with Crippen molar-refractivity contribution in [2.45, 2.75) is 38.2 Å². The highest BCUT2D eigenvalue weighted by Crippen LogP contribution is 2.67. The molecule has 0 aromatic rings. The maximum absolute atomic E-state index is 9.89. The molecular formula is C12H18O. The first-order valence-electron chi connectivity index (χ1n) is 6.02. The first-order chi connectivity index (χ1) is 6.34. The van der Waals surface area contributed by atoms with E-state index in [0.717, 1.165) is 41.9 Å². The lowest BCUT2D eigenvalue weighted by atomic mass is 9.70. The molecule has 1 heteroatoms. The lowest BCUT2D eigenvalue weighted by molar-refractivity contribution is 0.0291. The molecular weight excluding hydrogens is 160 g/mol.